The van der Waals surface area contributed by atoms with Crippen LogP contribution in [0.2, 0.25) is 5.02 Å². The SMILES string of the molecule is CNC(=O)c1cc(N2CC3(C2)C(=O)N(C(C)C)CC(=O)N3Cc2ccc(Cl)cc2)ccn1. The Balaban J connectivity index is 1.63. The van der Waals surface area contributed by atoms with Gasteiger partial charge in [0.15, 0.2) is 5.54 Å². The van der Waals surface area contributed by atoms with Crippen LogP contribution >= 0.6 is 11.6 Å². The number of hydrogen-bond donors (Lipinski definition) is 1. The summed E-state index contributed by atoms with van der Waals surface area (Å²) in [4.78, 5) is 48.2. The number of amides is 3. The Morgan fingerprint density at radius 2 is 1.88 bits per heavy atom. The summed E-state index contributed by atoms with van der Waals surface area (Å²) in [7, 11) is 1.55. The van der Waals surface area contributed by atoms with Gasteiger partial charge in [0.25, 0.3) is 11.8 Å². The molecule has 1 spiro atoms. The number of pyridine rings is 1. The highest BCUT2D eigenvalue weighted by atomic mass is 35.5. The summed E-state index contributed by atoms with van der Waals surface area (Å²) in [5, 5.41) is 3.19. The highest BCUT2D eigenvalue weighted by Crippen LogP contribution is 2.38. The average Bonchev–Trinajstić information content (AvgIpc) is 2.75. The standard InChI is InChI=1S/C23H26ClN5O3/c1-15(2)28-12-20(30)29(11-16-4-6-17(24)7-5-16)23(22(28)32)13-27(14-23)18-8-9-26-19(10-18)21(31)25-3/h4-10,15H,11-14H2,1-3H3,(H,25,31). The summed E-state index contributed by atoms with van der Waals surface area (Å²) < 4.78 is 0. The first-order chi connectivity index (χ1) is 15.2. The van der Waals surface area contributed by atoms with E-state index in [1.54, 1.807) is 47.3 Å². The van der Waals surface area contributed by atoms with E-state index >= 15 is 0 Å². The van der Waals surface area contributed by atoms with Crippen molar-refractivity contribution in [2.45, 2.75) is 32.0 Å². The van der Waals surface area contributed by atoms with Gasteiger partial charge in [-0.15, -0.1) is 0 Å². The number of anilines is 1. The topological polar surface area (TPSA) is 85.8 Å². The second-order valence-electron chi connectivity index (χ2n) is 8.50. The molecule has 4 rings (SSSR count). The van der Waals surface area contributed by atoms with Gasteiger partial charge in [0.2, 0.25) is 5.91 Å². The lowest BCUT2D eigenvalue weighted by Crippen LogP contribution is -2.81. The number of benzene rings is 1. The molecule has 9 heteroatoms. The third-order valence-electron chi connectivity index (χ3n) is 6.13. The first-order valence-electron chi connectivity index (χ1n) is 10.5. The van der Waals surface area contributed by atoms with Gasteiger partial charge in [0, 0.05) is 36.5 Å². The molecule has 1 N–H and O–H groups in total. The summed E-state index contributed by atoms with van der Waals surface area (Å²) in [5.74, 6) is -0.395. The molecule has 3 heterocycles. The Morgan fingerprint density at radius 1 is 1.19 bits per heavy atom. The normalized spacial score (nSPS) is 17.7. The Bertz CT molecular complexity index is 1050. The van der Waals surface area contributed by atoms with Gasteiger partial charge < -0.3 is 20.0 Å². The van der Waals surface area contributed by atoms with E-state index in [-0.39, 0.29) is 30.3 Å². The molecule has 2 aliphatic heterocycles. The fourth-order valence-corrected chi connectivity index (χ4v) is 4.42. The molecule has 2 fully saturated rings. The Hall–Kier alpha value is -3.13. The molecule has 0 radical (unpaired) electrons. The van der Waals surface area contributed by atoms with Crippen LogP contribution < -0.4 is 10.2 Å². The van der Waals surface area contributed by atoms with Crippen LogP contribution in [0.3, 0.4) is 0 Å². The van der Waals surface area contributed by atoms with E-state index < -0.39 is 5.54 Å². The molecule has 0 unspecified atom stereocenters. The van der Waals surface area contributed by atoms with Crippen molar-refractivity contribution in [2.24, 2.45) is 0 Å². The van der Waals surface area contributed by atoms with Crippen LogP contribution in [0, 0.1) is 0 Å². The van der Waals surface area contributed by atoms with E-state index in [9.17, 15) is 14.4 Å². The zero-order valence-corrected chi connectivity index (χ0v) is 19.1. The van der Waals surface area contributed by atoms with E-state index in [2.05, 4.69) is 10.3 Å². The predicted octanol–water partition coefficient (Wildman–Crippen LogP) is 1.93. The molecule has 168 valence electrons. The van der Waals surface area contributed by atoms with Crippen LogP contribution in [-0.4, -0.2) is 70.8 Å². The van der Waals surface area contributed by atoms with Gasteiger partial charge in [-0.3, -0.25) is 19.4 Å². The first-order valence-corrected chi connectivity index (χ1v) is 10.9. The minimum Gasteiger partial charge on any atom is -0.365 e. The van der Waals surface area contributed by atoms with E-state index in [1.165, 1.54) is 0 Å². The molecule has 2 aliphatic rings. The maximum atomic E-state index is 13.6. The van der Waals surface area contributed by atoms with Gasteiger partial charge in [-0.2, -0.15) is 0 Å². The van der Waals surface area contributed by atoms with E-state index in [0.717, 1.165) is 11.3 Å². The lowest BCUT2D eigenvalue weighted by Gasteiger charge is -2.59. The number of nitrogens with zero attached hydrogens (tertiary/aromatic N) is 4. The number of carbonyl (C=O) groups excluding carboxylic acids is 3. The lowest BCUT2D eigenvalue weighted by atomic mass is 9.82. The van der Waals surface area contributed by atoms with Crippen LogP contribution in [0.25, 0.3) is 0 Å². The van der Waals surface area contributed by atoms with Crippen molar-refractivity contribution in [2.75, 3.05) is 31.6 Å². The molecule has 1 aromatic heterocycles. The van der Waals surface area contributed by atoms with Crippen molar-refractivity contribution in [3.8, 4) is 0 Å². The van der Waals surface area contributed by atoms with Gasteiger partial charge in [-0.1, -0.05) is 23.7 Å². The third-order valence-corrected chi connectivity index (χ3v) is 6.38. The molecule has 2 aromatic rings. The maximum Gasteiger partial charge on any atom is 0.269 e. The molecule has 0 bridgehead atoms. The monoisotopic (exact) mass is 455 g/mol. The van der Waals surface area contributed by atoms with Crippen molar-refractivity contribution < 1.29 is 14.4 Å². The molecule has 32 heavy (non-hydrogen) atoms. The summed E-state index contributed by atoms with van der Waals surface area (Å²) in [6.45, 7) is 4.95. The van der Waals surface area contributed by atoms with Gasteiger partial charge >= 0.3 is 0 Å². The number of rotatable bonds is 5. The number of hydrogen-bond acceptors (Lipinski definition) is 5. The molecule has 3 amide bonds. The number of carbonyl (C=O) groups is 3. The molecule has 0 atom stereocenters. The summed E-state index contributed by atoms with van der Waals surface area (Å²) >= 11 is 6.01. The average molecular weight is 456 g/mol. The summed E-state index contributed by atoms with van der Waals surface area (Å²) in [5.41, 5.74) is 1.06. The van der Waals surface area contributed by atoms with Crippen LogP contribution in [0.4, 0.5) is 5.69 Å². The van der Waals surface area contributed by atoms with Crippen molar-refractivity contribution >= 4 is 35.0 Å². The third kappa shape index (κ3) is 3.79. The Labute approximate surface area is 192 Å². The highest BCUT2D eigenvalue weighted by Gasteiger charge is 2.59. The molecule has 0 saturated carbocycles. The van der Waals surface area contributed by atoms with Gasteiger partial charge in [-0.05, 0) is 43.7 Å². The van der Waals surface area contributed by atoms with Crippen molar-refractivity contribution in [1.82, 2.24) is 20.1 Å². The number of nitrogens with one attached hydrogen (secondary N) is 1. The molecule has 8 nitrogen and oxygen atoms in total. The van der Waals surface area contributed by atoms with Crippen molar-refractivity contribution in [3.05, 3.63) is 58.9 Å². The van der Waals surface area contributed by atoms with E-state index in [4.69, 9.17) is 11.6 Å². The second-order valence-corrected chi connectivity index (χ2v) is 8.94. The minimum absolute atomic E-state index is 0.0436. The van der Waals surface area contributed by atoms with Gasteiger partial charge in [0.05, 0.1) is 13.1 Å². The van der Waals surface area contributed by atoms with Crippen LogP contribution in [-0.2, 0) is 16.1 Å². The lowest BCUT2D eigenvalue weighted by molar-refractivity contribution is -0.170. The zero-order chi connectivity index (χ0) is 23.0. The van der Waals surface area contributed by atoms with Gasteiger partial charge in [-0.25, -0.2) is 0 Å². The second kappa shape index (κ2) is 8.43. The number of halogens is 1. The minimum atomic E-state index is -0.949. The van der Waals surface area contributed by atoms with Gasteiger partial charge in [0.1, 0.15) is 12.2 Å². The highest BCUT2D eigenvalue weighted by molar-refractivity contribution is 6.30. The summed E-state index contributed by atoms with van der Waals surface area (Å²) in [6.07, 6.45) is 1.57. The zero-order valence-electron chi connectivity index (χ0n) is 18.3. The first kappa shape index (κ1) is 22.1. The fourth-order valence-electron chi connectivity index (χ4n) is 4.30. The molecule has 0 aliphatic carbocycles. The van der Waals surface area contributed by atoms with Crippen LogP contribution in [0.5, 0.6) is 0 Å². The Morgan fingerprint density at radius 3 is 2.50 bits per heavy atom. The molecular formula is C23H26ClN5O3. The maximum absolute atomic E-state index is 13.6. The Kier molecular flexibility index (Phi) is 5.81. The van der Waals surface area contributed by atoms with Crippen LogP contribution in [0.1, 0.15) is 29.9 Å². The van der Waals surface area contributed by atoms with E-state index in [1.807, 2.05) is 30.9 Å². The molecule has 2 saturated heterocycles. The van der Waals surface area contributed by atoms with Crippen LogP contribution in [0.15, 0.2) is 42.6 Å². The quantitative estimate of drug-likeness (QED) is 0.744. The smallest absolute Gasteiger partial charge is 0.269 e. The van der Waals surface area contributed by atoms with Crippen molar-refractivity contribution in [3.63, 3.8) is 0 Å². The fraction of sp³-hybridized carbons (Fsp3) is 0.391. The van der Waals surface area contributed by atoms with E-state index in [0.29, 0.717) is 30.4 Å². The largest absolute Gasteiger partial charge is 0.365 e. The number of piperazine rings is 1. The molecule has 1 aromatic carbocycles. The predicted molar refractivity (Wildman–Crippen MR) is 121 cm³/mol. The number of aromatic nitrogens is 1. The van der Waals surface area contributed by atoms with Crippen molar-refractivity contribution in [1.29, 1.82) is 0 Å². The summed E-state index contributed by atoms with van der Waals surface area (Å²) in [6, 6.07) is 10.7. The molecular weight excluding hydrogens is 430 g/mol.